The fourth-order valence-electron chi connectivity index (χ4n) is 2.46. The summed E-state index contributed by atoms with van der Waals surface area (Å²) in [4.78, 5) is 12.5. The molecule has 3 N–H and O–H groups in total. The van der Waals surface area contributed by atoms with Crippen LogP contribution in [0.15, 0.2) is 72.9 Å². The van der Waals surface area contributed by atoms with Gasteiger partial charge in [-0.1, -0.05) is 43.0 Å². The van der Waals surface area contributed by atoms with Crippen LogP contribution < -0.4 is 11.1 Å². The molecule has 0 bridgehead atoms. The molecule has 0 unspecified atom stereocenters. The average molecular weight is 291 g/mol. The average Bonchev–Trinajstić information content (AvgIpc) is 2.93. The molecule has 22 heavy (non-hydrogen) atoms. The summed E-state index contributed by atoms with van der Waals surface area (Å²) in [5, 5.41) is 3.80. The highest BCUT2D eigenvalue weighted by Crippen LogP contribution is 2.24. The van der Waals surface area contributed by atoms with Crippen molar-refractivity contribution >= 4 is 16.8 Å². The van der Waals surface area contributed by atoms with Crippen LogP contribution in [0.5, 0.6) is 0 Å². The summed E-state index contributed by atoms with van der Waals surface area (Å²) in [6, 6.07) is 19.6. The molecule has 1 aromatic heterocycles. The molecule has 4 heteroatoms. The number of nitrogens with two attached hydrogens (primary N) is 1. The van der Waals surface area contributed by atoms with Crippen LogP contribution in [-0.4, -0.2) is 17.0 Å². The normalized spacial score (nSPS) is 10.5. The molecule has 3 rings (SSSR count). The van der Waals surface area contributed by atoms with E-state index in [0.29, 0.717) is 11.4 Å². The highest BCUT2D eigenvalue weighted by atomic mass is 16.1. The third kappa shape index (κ3) is 2.59. The minimum absolute atomic E-state index is 0.174. The second-order valence-electron chi connectivity index (χ2n) is 5.10. The molecule has 1 amide bonds. The maximum Gasteiger partial charge on any atom is 0.268 e. The Labute approximate surface area is 128 Å². The molecule has 0 saturated heterocycles. The van der Waals surface area contributed by atoms with Crippen LogP contribution in [0.4, 0.5) is 0 Å². The number of rotatable bonds is 4. The van der Waals surface area contributed by atoms with E-state index < -0.39 is 0 Å². The molecule has 0 aliphatic heterocycles. The van der Waals surface area contributed by atoms with Gasteiger partial charge in [-0.05, 0) is 24.3 Å². The standard InChI is InChI=1S/C18H17N3O/c1-13(19)12-20-18(22)17-11-14-7-5-6-10-16(14)21(17)15-8-3-2-4-9-15/h2-11H,1,12,19H2,(H,20,22). The molecule has 0 radical (unpaired) electrons. The molecule has 0 spiro atoms. The van der Waals surface area contributed by atoms with E-state index in [-0.39, 0.29) is 12.5 Å². The zero-order valence-electron chi connectivity index (χ0n) is 12.1. The van der Waals surface area contributed by atoms with E-state index >= 15 is 0 Å². The molecule has 0 aliphatic carbocycles. The number of hydrogen-bond acceptors (Lipinski definition) is 2. The number of amides is 1. The van der Waals surface area contributed by atoms with Gasteiger partial charge in [-0.3, -0.25) is 4.79 Å². The van der Waals surface area contributed by atoms with Gasteiger partial charge >= 0.3 is 0 Å². The van der Waals surface area contributed by atoms with Crippen LogP contribution >= 0.6 is 0 Å². The van der Waals surface area contributed by atoms with Crippen molar-refractivity contribution in [2.75, 3.05) is 6.54 Å². The first-order valence-corrected chi connectivity index (χ1v) is 7.04. The fourth-order valence-corrected chi connectivity index (χ4v) is 2.46. The predicted molar refractivity (Wildman–Crippen MR) is 88.9 cm³/mol. The van der Waals surface area contributed by atoms with Gasteiger partial charge in [0.2, 0.25) is 0 Å². The molecule has 110 valence electrons. The summed E-state index contributed by atoms with van der Waals surface area (Å²) in [5.41, 5.74) is 8.47. The Bertz CT molecular complexity index is 834. The van der Waals surface area contributed by atoms with E-state index in [1.165, 1.54) is 0 Å². The van der Waals surface area contributed by atoms with Gasteiger partial charge in [-0.2, -0.15) is 0 Å². The van der Waals surface area contributed by atoms with Crippen LogP contribution in [-0.2, 0) is 0 Å². The minimum Gasteiger partial charge on any atom is -0.401 e. The number of carbonyl (C=O) groups is 1. The molecule has 3 aromatic rings. The van der Waals surface area contributed by atoms with Crippen molar-refractivity contribution < 1.29 is 4.79 Å². The largest absolute Gasteiger partial charge is 0.401 e. The van der Waals surface area contributed by atoms with Crippen molar-refractivity contribution in [2.45, 2.75) is 0 Å². The smallest absolute Gasteiger partial charge is 0.268 e. The number of para-hydroxylation sites is 2. The number of nitrogens with zero attached hydrogens (tertiary/aromatic N) is 1. The van der Waals surface area contributed by atoms with Crippen LogP contribution in [0.3, 0.4) is 0 Å². The Morgan fingerprint density at radius 2 is 1.77 bits per heavy atom. The second-order valence-corrected chi connectivity index (χ2v) is 5.10. The van der Waals surface area contributed by atoms with Crippen molar-refractivity contribution in [3.8, 4) is 5.69 Å². The van der Waals surface area contributed by atoms with Gasteiger partial charge in [0, 0.05) is 16.8 Å². The lowest BCUT2D eigenvalue weighted by Crippen LogP contribution is -2.29. The fraction of sp³-hybridized carbons (Fsp3) is 0.0556. The predicted octanol–water partition coefficient (Wildman–Crippen LogP) is 2.83. The topological polar surface area (TPSA) is 60.0 Å². The van der Waals surface area contributed by atoms with E-state index in [1.54, 1.807) is 0 Å². The maximum absolute atomic E-state index is 12.5. The van der Waals surface area contributed by atoms with E-state index in [9.17, 15) is 4.79 Å². The summed E-state index contributed by atoms with van der Waals surface area (Å²) in [6.45, 7) is 3.86. The van der Waals surface area contributed by atoms with Gasteiger partial charge in [-0.25, -0.2) is 0 Å². The molecule has 0 fully saturated rings. The van der Waals surface area contributed by atoms with Crippen LogP contribution in [0, 0.1) is 0 Å². The number of benzene rings is 2. The third-order valence-corrected chi connectivity index (χ3v) is 3.43. The first-order chi connectivity index (χ1) is 10.7. The summed E-state index contributed by atoms with van der Waals surface area (Å²) in [6.07, 6.45) is 0. The van der Waals surface area contributed by atoms with Crippen LogP contribution in [0.25, 0.3) is 16.6 Å². The molecule has 4 nitrogen and oxygen atoms in total. The van der Waals surface area contributed by atoms with Gasteiger partial charge in [0.1, 0.15) is 5.69 Å². The number of nitrogens with one attached hydrogen (secondary N) is 1. The van der Waals surface area contributed by atoms with Crippen molar-refractivity contribution in [1.29, 1.82) is 0 Å². The summed E-state index contributed by atoms with van der Waals surface area (Å²) >= 11 is 0. The highest BCUT2D eigenvalue weighted by Gasteiger charge is 2.16. The van der Waals surface area contributed by atoms with E-state index in [1.807, 2.05) is 65.2 Å². The molecular weight excluding hydrogens is 274 g/mol. The van der Waals surface area contributed by atoms with Crippen molar-refractivity contribution in [1.82, 2.24) is 9.88 Å². The number of aromatic nitrogens is 1. The Morgan fingerprint density at radius 3 is 2.50 bits per heavy atom. The molecule has 0 saturated carbocycles. The highest BCUT2D eigenvalue weighted by molar-refractivity contribution is 6.00. The number of fused-ring (bicyclic) bond motifs is 1. The van der Waals surface area contributed by atoms with Crippen LogP contribution in [0.1, 0.15) is 10.5 Å². The molecule has 0 atom stereocenters. The maximum atomic E-state index is 12.5. The quantitative estimate of drug-likeness (QED) is 0.776. The monoisotopic (exact) mass is 291 g/mol. The Kier molecular flexibility index (Phi) is 3.66. The second kappa shape index (κ2) is 5.77. The SMILES string of the molecule is C=C(N)CNC(=O)c1cc2ccccc2n1-c1ccccc1. The minimum atomic E-state index is -0.174. The van der Waals surface area contributed by atoms with E-state index in [4.69, 9.17) is 5.73 Å². The van der Waals surface area contributed by atoms with E-state index in [2.05, 4.69) is 11.9 Å². The Morgan fingerprint density at radius 1 is 1.09 bits per heavy atom. The summed E-state index contributed by atoms with van der Waals surface area (Å²) in [5.74, 6) is -0.174. The lowest BCUT2D eigenvalue weighted by atomic mass is 10.2. The summed E-state index contributed by atoms with van der Waals surface area (Å²) in [7, 11) is 0. The molecule has 1 heterocycles. The van der Waals surface area contributed by atoms with Gasteiger partial charge in [0.05, 0.1) is 12.1 Å². The zero-order chi connectivity index (χ0) is 15.5. The van der Waals surface area contributed by atoms with Crippen LogP contribution in [0.2, 0.25) is 0 Å². The lowest BCUT2D eigenvalue weighted by Gasteiger charge is -2.11. The first-order valence-electron chi connectivity index (χ1n) is 7.04. The van der Waals surface area contributed by atoms with Crippen molar-refractivity contribution in [3.05, 3.63) is 78.6 Å². The van der Waals surface area contributed by atoms with E-state index in [0.717, 1.165) is 16.6 Å². The lowest BCUT2D eigenvalue weighted by molar-refractivity contribution is 0.0950. The number of hydrogen-bond donors (Lipinski definition) is 2. The van der Waals surface area contributed by atoms with Gasteiger partial charge in [-0.15, -0.1) is 0 Å². The molecular formula is C18H17N3O. The summed E-state index contributed by atoms with van der Waals surface area (Å²) < 4.78 is 1.95. The van der Waals surface area contributed by atoms with Gasteiger partial charge in [0.25, 0.3) is 5.91 Å². The van der Waals surface area contributed by atoms with Crippen molar-refractivity contribution in [2.24, 2.45) is 5.73 Å². The van der Waals surface area contributed by atoms with Gasteiger partial charge in [0.15, 0.2) is 0 Å². The zero-order valence-corrected chi connectivity index (χ0v) is 12.1. The van der Waals surface area contributed by atoms with Crippen molar-refractivity contribution in [3.63, 3.8) is 0 Å². The Balaban J connectivity index is 2.13. The Hall–Kier alpha value is -3.01. The first kappa shape index (κ1) is 13.9. The third-order valence-electron chi connectivity index (χ3n) is 3.43. The molecule has 2 aromatic carbocycles. The molecule has 0 aliphatic rings. The van der Waals surface area contributed by atoms with Gasteiger partial charge < -0.3 is 15.6 Å². The number of carbonyl (C=O) groups excluding carboxylic acids is 1.